The van der Waals surface area contributed by atoms with Crippen molar-refractivity contribution in [2.45, 2.75) is 25.9 Å². The van der Waals surface area contributed by atoms with Crippen molar-refractivity contribution in [2.75, 3.05) is 25.1 Å². The van der Waals surface area contributed by atoms with Crippen molar-refractivity contribution >= 4 is 17.6 Å². The fraction of sp³-hybridized carbons (Fsp3) is 0.467. The second-order valence-electron chi connectivity index (χ2n) is 4.61. The average Bonchev–Trinajstić information content (AvgIpc) is 3.01. The number of hydrogen-bond acceptors (Lipinski definition) is 5. The molecule has 0 bridgehead atoms. The van der Waals surface area contributed by atoms with E-state index in [0.717, 1.165) is 12.2 Å². The summed E-state index contributed by atoms with van der Waals surface area (Å²) in [6, 6.07) is 6.98. The Balaban J connectivity index is 1.74. The van der Waals surface area contributed by atoms with Gasteiger partial charge in [0.15, 0.2) is 12.7 Å². The number of rotatable bonds is 6. The van der Waals surface area contributed by atoms with Gasteiger partial charge in [-0.25, -0.2) is 4.79 Å². The first-order chi connectivity index (χ1) is 10.2. The van der Waals surface area contributed by atoms with Crippen molar-refractivity contribution < 1.29 is 23.8 Å². The smallest absolute Gasteiger partial charge is 0.335 e. The number of ether oxygens (including phenoxy) is 3. The van der Waals surface area contributed by atoms with Crippen LogP contribution in [0.1, 0.15) is 19.8 Å². The van der Waals surface area contributed by atoms with Crippen LogP contribution in [0.25, 0.3) is 0 Å². The molecule has 1 amide bonds. The minimum absolute atomic E-state index is 0.314. The fourth-order valence-electron chi connectivity index (χ4n) is 1.99. The van der Waals surface area contributed by atoms with Crippen molar-refractivity contribution in [1.82, 2.24) is 0 Å². The van der Waals surface area contributed by atoms with E-state index in [1.54, 1.807) is 24.3 Å². The van der Waals surface area contributed by atoms with Gasteiger partial charge in [0.1, 0.15) is 5.75 Å². The Morgan fingerprint density at radius 3 is 2.71 bits per heavy atom. The Morgan fingerprint density at radius 1 is 1.33 bits per heavy atom. The molecule has 0 aromatic heterocycles. The number of benzene rings is 1. The highest BCUT2D eigenvalue weighted by Gasteiger charge is 2.25. The second-order valence-corrected chi connectivity index (χ2v) is 4.61. The van der Waals surface area contributed by atoms with Gasteiger partial charge in [0.2, 0.25) is 0 Å². The summed E-state index contributed by atoms with van der Waals surface area (Å²) < 4.78 is 15.4. The van der Waals surface area contributed by atoms with Gasteiger partial charge >= 0.3 is 5.97 Å². The van der Waals surface area contributed by atoms with Gasteiger partial charge in [0.25, 0.3) is 5.91 Å². The highest BCUT2D eigenvalue weighted by Crippen LogP contribution is 2.16. The lowest BCUT2D eigenvalue weighted by atomic mass is 10.2. The van der Waals surface area contributed by atoms with Gasteiger partial charge in [-0.3, -0.25) is 4.79 Å². The largest absolute Gasteiger partial charge is 0.494 e. The van der Waals surface area contributed by atoms with E-state index in [9.17, 15) is 9.59 Å². The zero-order chi connectivity index (χ0) is 15.1. The molecule has 1 aliphatic heterocycles. The molecule has 1 saturated heterocycles. The first-order valence-corrected chi connectivity index (χ1v) is 7.00. The first kappa shape index (κ1) is 15.3. The SMILES string of the molecule is CCOc1ccc(NC(=O)COC(=O)[C@@H]2CCCO2)cc1. The second kappa shape index (κ2) is 7.64. The van der Waals surface area contributed by atoms with Crippen LogP contribution in [-0.4, -0.2) is 37.8 Å². The van der Waals surface area contributed by atoms with Crippen LogP contribution in [0.3, 0.4) is 0 Å². The molecular formula is C15H19NO5. The molecule has 0 spiro atoms. The molecule has 1 atom stereocenters. The Kier molecular flexibility index (Phi) is 5.57. The summed E-state index contributed by atoms with van der Waals surface area (Å²) in [6.07, 6.45) is 0.973. The van der Waals surface area contributed by atoms with E-state index in [-0.39, 0.29) is 12.5 Å². The van der Waals surface area contributed by atoms with Gasteiger partial charge < -0.3 is 19.5 Å². The first-order valence-electron chi connectivity index (χ1n) is 7.00. The summed E-state index contributed by atoms with van der Waals surface area (Å²) in [5.74, 6) is -0.125. The van der Waals surface area contributed by atoms with Crippen LogP contribution in [0.15, 0.2) is 24.3 Å². The maximum atomic E-state index is 11.7. The number of esters is 1. The van der Waals surface area contributed by atoms with Crippen molar-refractivity contribution in [2.24, 2.45) is 0 Å². The van der Waals surface area contributed by atoms with E-state index in [0.29, 0.717) is 25.3 Å². The van der Waals surface area contributed by atoms with Crippen molar-refractivity contribution in [3.05, 3.63) is 24.3 Å². The highest BCUT2D eigenvalue weighted by molar-refractivity contribution is 5.93. The summed E-state index contributed by atoms with van der Waals surface area (Å²) in [5.41, 5.74) is 0.622. The van der Waals surface area contributed by atoms with Crippen molar-refractivity contribution in [3.8, 4) is 5.75 Å². The van der Waals surface area contributed by atoms with E-state index in [4.69, 9.17) is 14.2 Å². The molecule has 1 fully saturated rings. The molecule has 6 heteroatoms. The third-order valence-electron chi connectivity index (χ3n) is 2.99. The lowest BCUT2D eigenvalue weighted by Gasteiger charge is -2.10. The van der Waals surface area contributed by atoms with Crippen molar-refractivity contribution in [3.63, 3.8) is 0 Å². The third-order valence-corrected chi connectivity index (χ3v) is 2.99. The van der Waals surface area contributed by atoms with E-state index in [1.165, 1.54) is 0 Å². The number of carbonyl (C=O) groups is 2. The average molecular weight is 293 g/mol. The molecule has 0 radical (unpaired) electrons. The maximum absolute atomic E-state index is 11.7. The molecule has 21 heavy (non-hydrogen) atoms. The molecule has 1 heterocycles. The normalized spacial score (nSPS) is 17.3. The molecule has 1 aromatic rings. The maximum Gasteiger partial charge on any atom is 0.335 e. The lowest BCUT2D eigenvalue weighted by Crippen LogP contribution is -2.27. The van der Waals surface area contributed by atoms with Crippen molar-refractivity contribution in [1.29, 1.82) is 0 Å². The predicted octanol–water partition coefficient (Wildman–Crippen LogP) is 1.75. The molecule has 1 aromatic carbocycles. The Hall–Kier alpha value is -2.08. The van der Waals surface area contributed by atoms with Gasteiger partial charge in [-0.1, -0.05) is 0 Å². The Labute approximate surface area is 123 Å². The zero-order valence-corrected chi connectivity index (χ0v) is 12.0. The standard InChI is InChI=1S/C15H19NO5/c1-2-19-12-7-5-11(6-8-12)16-14(17)10-21-15(18)13-4-3-9-20-13/h5-8,13H,2-4,9-10H2,1H3,(H,16,17)/t13-/m0/s1. The van der Waals surface area contributed by atoms with E-state index < -0.39 is 12.1 Å². The molecule has 0 unspecified atom stereocenters. The molecule has 1 aliphatic rings. The summed E-state index contributed by atoms with van der Waals surface area (Å²) >= 11 is 0. The molecule has 114 valence electrons. The lowest BCUT2D eigenvalue weighted by molar-refractivity contribution is -0.156. The number of anilines is 1. The van der Waals surface area contributed by atoms with E-state index in [1.807, 2.05) is 6.92 Å². The Bertz CT molecular complexity index is 479. The topological polar surface area (TPSA) is 73.9 Å². The van der Waals surface area contributed by atoms with Gasteiger partial charge in [-0.05, 0) is 44.0 Å². The minimum atomic E-state index is -0.525. The molecule has 0 saturated carbocycles. The molecule has 6 nitrogen and oxygen atoms in total. The van der Waals surface area contributed by atoms with E-state index >= 15 is 0 Å². The van der Waals surface area contributed by atoms with Crippen LogP contribution in [0, 0.1) is 0 Å². The van der Waals surface area contributed by atoms with Crippen LogP contribution in [0.2, 0.25) is 0 Å². The quantitative estimate of drug-likeness (QED) is 0.809. The van der Waals surface area contributed by atoms with E-state index in [2.05, 4.69) is 5.32 Å². The monoisotopic (exact) mass is 293 g/mol. The number of hydrogen-bond donors (Lipinski definition) is 1. The Morgan fingerprint density at radius 2 is 2.10 bits per heavy atom. The number of carbonyl (C=O) groups excluding carboxylic acids is 2. The van der Waals surface area contributed by atoms with Gasteiger partial charge in [-0.2, -0.15) is 0 Å². The van der Waals surface area contributed by atoms with Crippen LogP contribution in [-0.2, 0) is 19.1 Å². The fourth-order valence-corrected chi connectivity index (χ4v) is 1.99. The van der Waals surface area contributed by atoms with Crippen LogP contribution in [0.5, 0.6) is 5.75 Å². The summed E-state index contributed by atoms with van der Waals surface area (Å²) in [5, 5.41) is 2.64. The molecular weight excluding hydrogens is 274 g/mol. The van der Waals surface area contributed by atoms with Crippen LogP contribution >= 0.6 is 0 Å². The number of amides is 1. The predicted molar refractivity (Wildman–Crippen MR) is 76.2 cm³/mol. The van der Waals surface area contributed by atoms with Gasteiger partial charge in [-0.15, -0.1) is 0 Å². The zero-order valence-electron chi connectivity index (χ0n) is 12.0. The number of nitrogens with one attached hydrogen (secondary N) is 1. The highest BCUT2D eigenvalue weighted by atomic mass is 16.6. The minimum Gasteiger partial charge on any atom is -0.494 e. The van der Waals surface area contributed by atoms with Gasteiger partial charge in [0.05, 0.1) is 6.61 Å². The summed E-state index contributed by atoms with van der Waals surface area (Å²) in [6.45, 7) is 2.74. The molecule has 0 aliphatic carbocycles. The third kappa shape index (κ3) is 4.75. The van der Waals surface area contributed by atoms with Gasteiger partial charge in [0, 0.05) is 12.3 Å². The molecule has 2 rings (SSSR count). The summed E-state index contributed by atoms with van der Waals surface area (Å²) in [7, 11) is 0. The van der Waals surface area contributed by atoms with Crippen LogP contribution < -0.4 is 10.1 Å². The summed E-state index contributed by atoms with van der Waals surface area (Å²) in [4.78, 5) is 23.3. The van der Waals surface area contributed by atoms with Crippen LogP contribution in [0.4, 0.5) is 5.69 Å². The molecule has 1 N–H and O–H groups in total.